The molecule has 0 fully saturated rings. The van der Waals surface area contributed by atoms with Gasteiger partial charge in [0.05, 0.1) is 23.0 Å². The zero-order valence-corrected chi connectivity index (χ0v) is 19.1. The number of hydrogen-bond donors (Lipinski definition) is 3. The van der Waals surface area contributed by atoms with Crippen molar-refractivity contribution in [3.05, 3.63) is 94.9 Å². The molecule has 0 aliphatic carbocycles. The van der Waals surface area contributed by atoms with Crippen LogP contribution in [0.3, 0.4) is 0 Å². The second kappa shape index (κ2) is 9.69. The Kier molecular flexibility index (Phi) is 6.24. The Morgan fingerprint density at radius 3 is 2.45 bits per heavy atom. The fourth-order valence-electron chi connectivity index (χ4n) is 3.71. The van der Waals surface area contributed by atoms with Crippen LogP contribution in [-0.2, 0) is 11.0 Å². The van der Waals surface area contributed by atoms with Crippen LogP contribution in [0.15, 0.2) is 82.1 Å². The van der Waals surface area contributed by atoms with Crippen molar-refractivity contribution in [3.8, 4) is 0 Å². The van der Waals surface area contributed by atoms with Crippen molar-refractivity contribution in [2.24, 2.45) is 0 Å². The maximum absolute atomic E-state index is 14.4. The van der Waals surface area contributed by atoms with Gasteiger partial charge in [-0.2, -0.15) is 18.2 Å². The van der Waals surface area contributed by atoms with Crippen LogP contribution in [0.2, 0.25) is 0 Å². The molecule has 13 heteroatoms. The van der Waals surface area contributed by atoms with E-state index in [-0.39, 0.29) is 28.8 Å². The summed E-state index contributed by atoms with van der Waals surface area (Å²) in [6.45, 7) is 0. The molecule has 38 heavy (non-hydrogen) atoms. The number of para-hydroxylation sites is 1. The molecule has 9 nitrogen and oxygen atoms in total. The first kappa shape index (κ1) is 24.5. The van der Waals surface area contributed by atoms with Gasteiger partial charge >= 0.3 is 11.9 Å². The Hall–Kier alpha value is -5.20. The fourth-order valence-corrected chi connectivity index (χ4v) is 3.71. The molecule has 3 aromatic carbocycles. The zero-order valence-electron chi connectivity index (χ0n) is 19.1. The Morgan fingerprint density at radius 1 is 0.974 bits per heavy atom. The monoisotopic (exact) mass is 524 g/mol. The Bertz CT molecular complexity index is 1680. The van der Waals surface area contributed by atoms with Gasteiger partial charge in [-0.3, -0.25) is 14.7 Å². The minimum Gasteiger partial charge on any atom is -0.408 e. The van der Waals surface area contributed by atoms with E-state index < -0.39 is 23.3 Å². The molecule has 0 saturated carbocycles. The fraction of sp³-hybridized carbons (Fsp3) is 0.0400. The second-order valence-corrected chi connectivity index (χ2v) is 7.91. The summed E-state index contributed by atoms with van der Waals surface area (Å²) in [7, 11) is 0. The van der Waals surface area contributed by atoms with E-state index in [0.717, 1.165) is 23.2 Å². The number of amides is 1. The maximum Gasteiger partial charge on any atom is 0.418 e. The van der Waals surface area contributed by atoms with Crippen LogP contribution >= 0.6 is 0 Å². The van der Waals surface area contributed by atoms with E-state index in [1.165, 1.54) is 36.4 Å². The molecule has 0 bridgehead atoms. The summed E-state index contributed by atoms with van der Waals surface area (Å²) < 4.78 is 61.2. The quantitative estimate of drug-likeness (QED) is 0.181. The Morgan fingerprint density at radius 2 is 1.71 bits per heavy atom. The maximum atomic E-state index is 14.4. The first-order valence-electron chi connectivity index (χ1n) is 10.9. The van der Waals surface area contributed by atoms with Gasteiger partial charge in [0.25, 0.3) is 0 Å². The second-order valence-electron chi connectivity index (χ2n) is 7.91. The Balaban J connectivity index is 1.44. The van der Waals surface area contributed by atoms with E-state index in [1.54, 1.807) is 18.2 Å². The summed E-state index contributed by atoms with van der Waals surface area (Å²) >= 11 is 0. The molecule has 192 valence electrons. The summed E-state index contributed by atoms with van der Waals surface area (Å²) in [4.78, 5) is 34.2. The lowest BCUT2D eigenvalue weighted by atomic mass is 10.1. The highest BCUT2D eigenvalue weighted by atomic mass is 19.4. The molecule has 0 radical (unpaired) electrons. The first-order chi connectivity index (χ1) is 18.2. The third-order valence-corrected chi connectivity index (χ3v) is 5.38. The SMILES string of the molecule is O=CN(c1ccccc1)c1ccc(Nc2ncc(F)c(Nc3ccc4oc(=O)[nH]c4c3)n2)cc1C(F)(F)F. The molecular formula is C25H16F4N6O3. The van der Waals surface area contributed by atoms with Crippen LogP contribution in [0, 0.1) is 5.82 Å². The number of carbonyl (C=O) groups excluding carboxylic acids is 1. The Labute approximate surface area is 210 Å². The predicted molar refractivity (Wildman–Crippen MR) is 131 cm³/mol. The van der Waals surface area contributed by atoms with Gasteiger partial charge in [0.1, 0.15) is 0 Å². The number of H-pyrrole nitrogens is 1. The van der Waals surface area contributed by atoms with Crippen molar-refractivity contribution < 1.29 is 26.8 Å². The molecule has 0 aliphatic rings. The number of aromatic nitrogens is 3. The number of carbonyl (C=O) groups is 1. The average Bonchev–Trinajstić information content (AvgIpc) is 3.26. The first-order valence-corrected chi connectivity index (χ1v) is 10.9. The number of fused-ring (bicyclic) bond motifs is 1. The number of nitrogens with one attached hydrogen (secondary N) is 3. The van der Waals surface area contributed by atoms with Gasteiger partial charge in [-0.15, -0.1) is 0 Å². The van der Waals surface area contributed by atoms with Crippen LogP contribution < -0.4 is 21.3 Å². The van der Waals surface area contributed by atoms with Gasteiger partial charge in [0, 0.05) is 17.1 Å². The predicted octanol–water partition coefficient (Wildman–Crippen LogP) is 5.85. The molecule has 0 atom stereocenters. The highest BCUT2D eigenvalue weighted by molar-refractivity contribution is 5.88. The van der Waals surface area contributed by atoms with E-state index in [4.69, 9.17) is 4.42 Å². The number of aromatic amines is 1. The van der Waals surface area contributed by atoms with Crippen LogP contribution in [-0.4, -0.2) is 21.4 Å². The number of benzene rings is 3. The molecule has 0 aliphatic heterocycles. The van der Waals surface area contributed by atoms with E-state index in [2.05, 4.69) is 25.6 Å². The van der Waals surface area contributed by atoms with Crippen LogP contribution in [0.5, 0.6) is 0 Å². The van der Waals surface area contributed by atoms with E-state index in [9.17, 15) is 27.2 Å². The summed E-state index contributed by atoms with van der Waals surface area (Å²) in [5, 5.41) is 5.36. The third-order valence-electron chi connectivity index (χ3n) is 5.38. The van der Waals surface area contributed by atoms with Crippen molar-refractivity contribution in [3.63, 3.8) is 0 Å². The lowest BCUT2D eigenvalue weighted by molar-refractivity contribution is -0.137. The summed E-state index contributed by atoms with van der Waals surface area (Å²) in [5.74, 6) is -1.94. The van der Waals surface area contributed by atoms with Crippen LogP contribution in [0.4, 0.5) is 52.1 Å². The molecule has 0 saturated heterocycles. The van der Waals surface area contributed by atoms with Crippen LogP contribution in [0.1, 0.15) is 5.56 Å². The number of hydrogen-bond acceptors (Lipinski definition) is 7. The van der Waals surface area contributed by atoms with E-state index in [1.807, 2.05) is 0 Å². The molecule has 1 amide bonds. The normalized spacial score (nSPS) is 11.4. The van der Waals surface area contributed by atoms with Crippen LogP contribution in [0.25, 0.3) is 11.1 Å². The number of oxazole rings is 1. The standard InChI is InChI=1S/C25H16F4N6O3/c26-18-12-30-23(34-22(18)31-15-7-9-21-19(11-15)33-24(37)38-21)32-14-6-8-20(17(10-14)25(27,28)29)35(13-36)16-4-2-1-3-5-16/h1-13H,(H,33,37)(H2,30,31,32,34). The van der Waals surface area contributed by atoms with Crippen molar-refractivity contribution in [1.82, 2.24) is 15.0 Å². The number of anilines is 6. The van der Waals surface area contributed by atoms with Gasteiger partial charge in [0.2, 0.25) is 12.4 Å². The lowest BCUT2D eigenvalue weighted by Crippen LogP contribution is -2.19. The molecule has 5 rings (SSSR count). The number of alkyl halides is 3. The summed E-state index contributed by atoms with van der Waals surface area (Å²) in [5.41, 5.74) is -0.223. The largest absolute Gasteiger partial charge is 0.418 e. The summed E-state index contributed by atoms with van der Waals surface area (Å²) in [6.07, 6.45) is -3.66. The van der Waals surface area contributed by atoms with Gasteiger partial charge in [-0.25, -0.2) is 14.2 Å². The molecule has 5 aromatic rings. The van der Waals surface area contributed by atoms with Crippen molar-refractivity contribution in [2.75, 3.05) is 15.5 Å². The molecular weight excluding hydrogens is 508 g/mol. The van der Waals surface area contributed by atoms with E-state index >= 15 is 0 Å². The minimum absolute atomic E-state index is 0.0464. The molecule has 0 unspecified atom stereocenters. The number of halogens is 4. The van der Waals surface area contributed by atoms with Gasteiger partial charge < -0.3 is 15.1 Å². The molecule has 2 aromatic heterocycles. The molecule has 0 spiro atoms. The number of rotatable bonds is 7. The van der Waals surface area contributed by atoms with Crippen molar-refractivity contribution >= 4 is 52.0 Å². The smallest absolute Gasteiger partial charge is 0.408 e. The highest BCUT2D eigenvalue weighted by Gasteiger charge is 2.35. The van der Waals surface area contributed by atoms with Crippen molar-refractivity contribution in [2.45, 2.75) is 6.18 Å². The lowest BCUT2D eigenvalue weighted by Gasteiger charge is -2.23. The number of nitrogens with zero attached hydrogens (tertiary/aromatic N) is 3. The van der Waals surface area contributed by atoms with Gasteiger partial charge in [-0.05, 0) is 48.5 Å². The third kappa shape index (κ3) is 5.02. The van der Waals surface area contributed by atoms with Gasteiger partial charge in [-0.1, -0.05) is 18.2 Å². The topological polar surface area (TPSA) is 116 Å². The highest BCUT2D eigenvalue weighted by Crippen LogP contribution is 2.40. The van der Waals surface area contributed by atoms with Gasteiger partial charge in [0.15, 0.2) is 17.2 Å². The average molecular weight is 524 g/mol. The molecule has 2 heterocycles. The zero-order chi connectivity index (χ0) is 26.9. The van der Waals surface area contributed by atoms with E-state index in [0.29, 0.717) is 23.2 Å². The minimum atomic E-state index is -4.80. The summed E-state index contributed by atoms with van der Waals surface area (Å²) in [6, 6.07) is 15.6. The molecule has 3 N–H and O–H groups in total. The van der Waals surface area contributed by atoms with Crippen molar-refractivity contribution in [1.29, 1.82) is 0 Å².